The molecular weight excluding hydrogens is 634 g/mol. The molecule has 2 aliphatic heterocycles. The summed E-state index contributed by atoms with van der Waals surface area (Å²) in [6, 6.07) is 47.4. The van der Waals surface area contributed by atoms with Gasteiger partial charge in [0.25, 0.3) is 0 Å². The van der Waals surface area contributed by atoms with Crippen molar-refractivity contribution < 1.29 is 23.4 Å². The van der Waals surface area contributed by atoms with E-state index >= 15 is 0 Å². The van der Waals surface area contributed by atoms with Crippen LogP contribution in [0.5, 0.6) is 46.0 Å². The molecule has 3 heterocycles. The lowest BCUT2D eigenvalue weighted by atomic mass is 9.98. The van der Waals surface area contributed by atoms with Crippen molar-refractivity contribution in [2.45, 2.75) is 0 Å². The van der Waals surface area contributed by atoms with Gasteiger partial charge in [-0.15, -0.1) is 0 Å². The minimum atomic E-state index is 0.603. The molecule has 2 aliphatic rings. The molecule has 0 fully saturated rings. The number of anilines is 3. The molecule has 0 saturated heterocycles. The first-order chi connectivity index (χ1) is 24.2. The molecule has 0 N–H and O–H groups in total. The second-order valence-corrected chi connectivity index (χ2v) is 12.3. The van der Waals surface area contributed by atoms with E-state index in [0.29, 0.717) is 51.0 Å². The van der Waals surface area contributed by atoms with Crippen LogP contribution >= 0.6 is 11.6 Å². The fourth-order valence-corrected chi connectivity index (χ4v) is 6.73. The fraction of sp³-hybridized carbons (Fsp3) is 0. The number of halogens is 1. The molecule has 0 aliphatic carbocycles. The molecule has 8 aromatic rings. The first-order valence-corrected chi connectivity index (χ1v) is 16.2. The number of benzene rings is 7. The van der Waals surface area contributed by atoms with Crippen LogP contribution in [-0.4, -0.2) is 0 Å². The normalized spacial score (nSPS) is 12.4. The molecule has 0 atom stereocenters. The van der Waals surface area contributed by atoms with Crippen molar-refractivity contribution in [3.05, 3.63) is 151 Å². The highest BCUT2D eigenvalue weighted by Gasteiger charge is 2.27. The maximum absolute atomic E-state index is 6.73. The van der Waals surface area contributed by atoms with Gasteiger partial charge in [0.05, 0.1) is 17.1 Å². The third kappa shape index (κ3) is 4.57. The van der Waals surface area contributed by atoms with E-state index in [1.54, 1.807) is 0 Å². The zero-order chi connectivity index (χ0) is 32.5. The van der Waals surface area contributed by atoms with Crippen LogP contribution in [0.15, 0.2) is 150 Å². The van der Waals surface area contributed by atoms with Gasteiger partial charge in [0.2, 0.25) is 0 Å². The van der Waals surface area contributed by atoms with Gasteiger partial charge in [-0.3, -0.25) is 0 Å². The largest absolute Gasteiger partial charge is 0.454 e. The van der Waals surface area contributed by atoms with Gasteiger partial charge in [-0.2, -0.15) is 0 Å². The molecule has 0 radical (unpaired) electrons. The third-order valence-corrected chi connectivity index (χ3v) is 9.10. The van der Waals surface area contributed by atoms with Gasteiger partial charge in [-0.05, 0) is 83.9 Å². The van der Waals surface area contributed by atoms with E-state index in [-0.39, 0.29) is 0 Å². The van der Waals surface area contributed by atoms with Gasteiger partial charge in [0.15, 0.2) is 51.6 Å². The van der Waals surface area contributed by atoms with Gasteiger partial charge in [0, 0.05) is 27.9 Å². The maximum Gasteiger partial charge on any atom is 0.172 e. The Labute approximate surface area is 285 Å². The van der Waals surface area contributed by atoms with Crippen LogP contribution in [0.3, 0.4) is 0 Å². The van der Waals surface area contributed by atoms with Crippen LogP contribution in [0, 0.1) is 0 Å². The Hall–Kier alpha value is -6.37. The molecule has 234 valence electrons. The maximum atomic E-state index is 6.73. The van der Waals surface area contributed by atoms with Crippen LogP contribution in [-0.2, 0) is 0 Å². The number of fused-ring (bicyclic) bond motifs is 7. The highest BCUT2D eigenvalue weighted by molar-refractivity contribution is 6.30. The Kier molecular flexibility index (Phi) is 6.13. The Bertz CT molecular complexity index is 2490. The SMILES string of the molecule is Clc1ccc(-c2ccc(N(c3ccc4c(c3)Oc3ccccc3O4)c3ccc4c(c3)Oc3ccccc3O4)c3oc4ccccc4c23)cc1. The Morgan fingerprint density at radius 3 is 1.55 bits per heavy atom. The molecule has 0 amide bonds. The molecule has 0 bridgehead atoms. The number of furan rings is 1. The molecule has 6 nitrogen and oxygen atoms in total. The van der Waals surface area contributed by atoms with Crippen molar-refractivity contribution >= 4 is 50.6 Å². The number of para-hydroxylation sites is 5. The third-order valence-electron chi connectivity index (χ3n) is 8.85. The van der Waals surface area contributed by atoms with Crippen molar-refractivity contribution in [2.75, 3.05) is 4.90 Å². The predicted octanol–water partition coefficient (Wildman–Crippen LogP) is 13.2. The van der Waals surface area contributed by atoms with E-state index in [0.717, 1.165) is 50.1 Å². The highest BCUT2D eigenvalue weighted by Crippen LogP contribution is 2.52. The summed E-state index contributed by atoms with van der Waals surface area (Å²) in [5.74, 6) is 5.13. The summed E-state index contributed by atoms with van der Waals surface area (Å²) in [7, 11) is 0. The lowest BCUT2D eigenvalue weighted by Gasteiger charge is -2.29. The first-order valence-electron chi connectivity index (χ1n) is 15.8. The summed E-state index contributed by atoms with van der Waals surface area (Å²) in [5.41, 5.74) is 6.09. The molecule has 0 unspecified atom stereocenters. The summed E-state index contributed by atoms with van der Waals surface area (Å²) in [4.78, 5) is 2.14. The zero-order valence-corrected chi connectivity index (χ0v) is 26.5. The first kappa shape index (κ1) is 27.7. The second-order valence-electron chi connectivity index (χ2n) is 11.8. The molecule has 49 heavy (non-hydrogen) atoms. The molecule has 1 aromatic heterocycles. The van der Waals surface area contributed by atoms with Gasteiger partial charge in [0.1, 0.15) is 5.58 Å². The lowest BCUT2D eigenvalue weighted by Crippen LogP contribution is -2.12. The van der Waals surface area contributed by atoms with Crippen molar-refractivity contribution in [1.29, 1.82) is 0 Å². The van der Waals surface area contributed by atoms with Gasteiger partial charge in [-0.1, -0.05) is 72.3 Å². The molecule has 0 spiro atoms. The van der Waals surface area contributed by atoms with E-state index in [1.807, 2.05) is 127 Å². The average Bonchev–Trinajstić information content (AvgIpc) is 3.54. The van der Waals surface area contributed by atoms with Gasteiger partial charge < -0.3 is 28.3 Å². The molecule has 7 heteroatoms. The van der Waals surface area contributed by atoms with Gasteiger partial charge >= 0.3 is 0 Å². The number of hydrogen-bond acceptors (Lipinski definition) is 6. The van der Waals surface area contributed by atoms with Crippen molar-refractivity contribution in [2.24, 2.45) is 0 Å². The highest BCUT2D eigenvalue weighted by atomic mass is 35.5. The van der Waals surface area contributed by atoms with E-state index in [1.165, 1.54) is 0 Å². The average molecular weight is 658 g/mol. The molecule has 7 aromatic carbocycles. The van der Waals surface area contributed by atoms with Crippen LogP contribution in [0.25, 0.3) is 33.1 Å². The fourth-order valence-electron chi connectivity index (χ4n) is 6.60. The summed E-state index contributed by atoms with van der Waals surface area (Å²) < 4.78 is 31.9. The predicted molar refractivity (Wildman–Crippen MR) is 192 cm³/mol. The van der Waals surface area contributed by atoms with Crippen LogP contribution in [0.4, 0.5) is 17.1 Å². The molecule has 0 saturated carbocycles. The standard InChI is InChI=1S/C42H24ClNO5/c43-26-15-13-25(14-16-26)29-19-20-31(42-41(29)30-7-1-2-8-32(30)49-42)44(27-17-21-37-39(23-27)47-35-11-5-3-9-33(35)45-37)28-18-22-38-40(24-28)48-36-12-6-4-10-34(36)46-38/h1-24H. The monoisotopic (exact) mass is 657 g/mol. The Balaban J connectivity index is 1.19. The minimum Gasteiger partial charge on any atom is -0.454 e. The molecular formula is C42H24ClNO5. The quantitative estimate of drug-likeness (QED) is 0.188. The second kappa shape index (κ2) is 10.8. The topological polar surface area (TPSA) is 53.3 Å². The molecule has 10 rings (SSSR count). The van der Waals surface area contributed by atoms with E-state index in [2.05, 4.69) is 23.1 Å². The Morgan fingerprint density at radius 2 is 0.959 bits per heavy atom. The zero-order valence-electron chi connectivity index (χ0n) is 25.7. The van der Waals surface area contributed by atoms with Crippen LogP contribution < -0.4 is 23.8 Å². The Morgan fingerprint density at radius 1 is 0.449 bits per heavy atom. The van der Waals surface area contributed by atoms with E-state index in [4.69, 9.17) is 35.0 Å². The number of nitrogens with zero attached hydrogens (tertiary/aromatic N) is 1. The summed E-state index contributed by atoms with van der Waals surface area (Å²) in [6.07, 6.45) is 0. The summed E-state index contributed by atoms with van der Waals surface area (Å²) >= 11 is 6.29. The number of rotatable bonds is 4. The number of ether oxygens (including phenoxy) is 4. The number of hydrogen-bond donors (Lipinski definition) is 0. The minimum absolute atomic E-state index is 0.603. The van der Waals surface area contributed by atoms with Crippen molar-refractivity contribution in [3.8, 4) is 57.1 Å². The lowest BCUT2D eigenvalue weighted by molar-refractivity contribution is 0.359. The van der Waals surface area contributed by atoms with Gasteiger partial charge in [-0.25, -0.2) is 0 Å². The van der Waals surface area contributed by atoms with Crippen molar-refractivity contribution in [1.82, 2.24) is 0 Å². The summed E-state index contributed by atoms with van der Waals surface area (Å²) in [6.45, 7) is 0. The van der Waals surface area contributed by atoms with Crippen LogP contribution in [0.2, 0.25) is 5.02 Å². The van der Waals surface area contributed by atoms with E-state index < -0.39 is 0 Å². The van der Waals surface area contributed by atoms with E-state index in [9.17, 15) is 0 Å². The smallest absolute Gasteiger partial charge is 0.172 e. The van der Waals surface area contributed by atoms with Crippen molar-refractivity contribution in [3.63, 3.8) is 0 Å². The van der Waals surface area contributed by atoms with Crippen LogP contribution in [0.1, 0.15) is 0 Å². The summed E-state index contributed by atoms with van der Waals surface area (Å²) in [5, 5.41) is 2.70.